The van der Waals surface area contributed by atoms with Gasteiger partial charge in [-0.2, -0.15) is 0 Å². The molecule has 114 valence electrons. The van der Waals surface area contributed by atoms with E-state index in [4.69, 9.17) is 10.3 Å². The van der Waals surface area contributed by atoms with Crippen LogP contribution in [0.15, 0.2) is 22.7 Å². The molecule has 0 spiro atoms. The third-order valence-corrected chi connectivity index (χ3v) is 3.50. The monoisotopic (exact) mass is 294 g/mol. The van der Waals surface area contributed by atoms with Crippen LogP contribution < -0.4 is 5.73 Å². The van der Waals surface area contributed by atoms with E-state index in [1.165, 1.54) is 31.4 Å². The summed E-state index contributed by atoms with van der Waals surface area (Å²) in [6, 6.07) is 3.41. The molecule has 0 aliphatic rings. The molecule has 1 heterocycles. The number of hydrogen-bond acceptors (Lipinski definition) is 3. The first kappa shape index (κ1) is 15.5. The lowest BCUT2D eigenvalue weighted by Crippen LogP contribution is -1.94. The van der Waals surface area contributed by atoms with Gasteiger partial charge in [-0.05, 0) is 18.6 Å². The van der Waals surface area contributed by atoms with Crippen molar-refractivity contribution in [1.82, 2.24) is 5.16 Å². The van der Waals surface area contributed by atoms with Crippen LogP contribution in [-0.4, -0.2) is 5.16 Å². The molecule has 0 saturated carbocycles. The first-order valence-corrected chi connectivity index (χ1v) is 7.33. The molecule has 0 fully saturated rings. The number of unbranched alkanes of at least 4 members (excludes halogenated alkanes) is 4. The summed E-state index contributed by atoms with van der Waals surface area (Å²) in [4.78, 5) is 0. The van der Waals surface area contributed by atoms with Crippen LogP contribution in [0.4, 0.5) is 14.6 Å². The Morgan fingerprint density at radius 3 is 2.62 bits per heavy atom. The zero-order valence-corrected chi connectivity index (χ0v) is 12.2. The highest BCUT2D eigenvalue weighted by Gasteiger charge is 2.19. The smallest absolute Gasteiger partial charge is 0.175 e. The Bertz CT molecular complexity index is 596. The van der Waals surface area contributed by atoms with Crippen molar-refractivity contribution >= 4 is 5.82 Å². The minimum absolute atomic E-state index is 0.143. The second-order valence-corrected chi connectivity index (χ2v) is 5.15. The fourth-order valence-electron chi connectivity index (χ4n) is 2.38. The van der Waals surface area contributed by atoms with Crippen molar-refractivity contribution in [3.05, 3.63) is 35.6 Å². The molecule has 2 rings (SSSR count). The normalized spacial score (nSPS) is 11.0. The predicted octanol–water partition coefficient (Wildman–Crippen LogP) is 4.71. The van der Waals surface area contributed by atoms with E-state index in [9.17, 15) is 8.78 Å². The zero-order chi connectivity index (χ0) is 15.2. The van der Waals surface area contributed by atoms with E-state index in [0.717, 1.165) is 18.9 Å². The van der Waals surface area contributed by atoms with Gasteiger partial charge in [0.05, 0.1) is 5.56 Å². The molecule has 0 aliphatic heterocycles. The van der Waals surface area contributed by atoms with Crippen LogP contribution in [0.2, 0.25) is 0 Å². The van der Waals surface area contributed by atoms with E-state index >= 15 is 0 Å². The quantitative estimate of drug-likeness (QED) is 0.752. The van der Waals surface area contributed by atoms with E-state index < -0.39 is 11.6 Å². The number of rotatable bonds is 7. The van der Waals surface area contributed by atoms with Gasteiger partial charge in [0.25, 0.3) is 0 Å². The molecule has 0 amide bonds. The minimum atomic E-state index is -0.655. The van der Waals surface area contributed by atoms with Crippen LogP contribution in [-0.2, 0) is 6.42 Å². The van der Waals surface area contributed by atoms with Gasteiger partial charge >= 0.3 is 0 Å². The van der Waals surface area contributed by atoms with Gasteiger partial charge in [0, 0.05) is 18.1 Å². The second-order valence-electron chi connectivity index (χ2n) is 5.15. The number of nitrogen functional groups attached to an aromatic ring is 1. The number of nitrogens with two attached hydrogens (primary N) is 1. The number of benzene rings is 1. The van der Waals surface area contributed by atoms with Gasteiger partial charge in [-0.3, -0.25) is 0 Å². The van der Waals surface area contributed by atoms with Crippen molar-refractivity contribution in [2.45, 2.75) is 45.4 Å². The molecule has 1 aromatic heterocycles. The summed E-state index contributed by atoms with van der Waals surface area (Å²) in [7, 11) is 0. The van der Waals surface area contributed by atoms with Gasteiger partial charge in [0.2, 0.25) is 0 Å². The molecular weight excluding hydrogens is 274 g/mol. The minimum Gasteiger partial charge on any atom is -0.380 e. The molecule has 0 unspecified atom stereocenters. The molecule has 2 N–H and O–H groups in total. The maximum atomic E-state index is 13.9. The summed E-state index contributed by atoms with van der Waals surface area (Å²) in [5.41, 5.74) is 6.45. The van der Waals surface area contributed by atoms with E-state index in [2.05, 4.69) is 12.1 Å². The second kappa shape index (κ2) is 7.20. The van der Waals surface area contributed by atoms with Crippen molar-refractivity contribution < 1.29 is 13.3 Å². The summed E-state index contributed by atoms with van der Waals surface area (Å²) in [6.07, 6.45) is 6.23. The molecule has 21 heavy (non-hydrogen) atoms. The van der Waals surface area contributed by atoms with Gasteiger partial charge in [0.15, 0.2) is 5.82 Å². The highest BCUT2D eigenvalue weighted by atomic mass is 19.1. The van der Waals surface area contributed by atoms with Crippen LogP contribution >= 0.6 is 0 Å². The SMILES string of the molecule is CCCCCCCc1onc(N)c1-c1ccc(F)cc1F. The van der Waals surface area contributed by atoms with Crippen molar-refractivity contribution in [2.24, 2.45) is 0 Å². The highest BCUT2D eigenvalue weighted by Crippen LogP contribution is 2.32. The summed E-state index contributed by atoms with van der Waals surface area (Å²) in [6.45, 7) is 2.16. The zero-order valence-electron chi connectivity index (χ0n) is 12.2. The first-order chi connectivity index (χ1) is 10.1. The number of aromatic nitrogens is 1. The third kappa shape index (κ3) is 3.80. The van der Waals surface area contributed by atoms with E-state index in [1.807, 2.05) is 0 Å². The maximum Gasteiger partial charge on any atom is 0.175 e. The molecule has 1 aromatic carbocycles. The molecule has 0 aliphatic carbocycles. The van der Waals surface area contributed by atoms with Crippen LogP contribution in [0.5, 0.6) is 0 Å². The summed E-state index contributed by atoms with van der Waals surface area (Å²) >= 11 is 0. The lowest BCUT2D eigenvalue weighted by Gasteiger charge is -2.04. The Kier molecular flexibility index (Phi) is 5.31. The largest absolute Gasteiger partial charge is 0.380 e. The fourth-order valence-corrected chi connectivity index (χ4v) is 2.38. The number of anilines is 1. The lowest BCUT2D eigenvalue weighted by molar-refractivity contribution is 0.381. The van der Waals surface area contributed by atoms with Gasteiger partial charge < -0.3 is 10.3 Å². The summed E-state index contributed by atoms with van der Waals surface area (Å²) in [5, 5.41) is 3.71. The van der Waals surface area contributed by atoms with Gasteiger partial charge in [-0.1, -0.05) is 37.8 Å². The van der Waals surface area contributed by atoms with Crippen LogP contribution in [0.3, 0.4) is 0 Å². The van der Waals surface area contributed by atoms with Gasteiger partial charge in [0.1, 0.15) is 17.4 Å². The average molecular weight is 294 g/mol. The Balaban J connectivity index is 2.14. The molecule has 0 saturated heterocycles. The molecule has 0 bridgehead atoms. The van der Waals surface area contributed by atoms with Gasteiger partial charge in [-0.25, -0.2) is 8.78 Å². The van der Waals surface area contributed by atoms with Crippen molar-refractivity contribution in [1.29, 1.82) is 0 Å². The number of hydrogen-bond donors (Lipinski definition) is 1. The maximum absolute atomic E-state index is 13.9. The summed E-state index contributed by atoms with van der Waals surface area (Å²) < 4.78 is 32.1. The fraction of sp³-hybridized carbons (Fsp3) is 0.438. The van der Waals surface area contributed by atoms with Crippen molar-refractivity contribution in [2.75, 3.05) is 5.73 Å². The van der Waals surface area contributed by atoms with Gasteiger partial charge in [-0.15, -0.1) is 0 Å². The van der Waals surface area contributed by atoms with Crippen LogP contribution in [0.25, 0.3) is 11.1 Å². The Hall–Kier alpha value is -1.91. The Labute approximate surface area is 123 Å². The Morgan fingerprint density at radius 2 is 1.90 bits per heavy atom. The predicted molar refractivity (Wildman–Crippen MR) is 78.7 cm³/mol. The van der Waals surface area contributed by atoms with E-state index in [-0.39, 0.29) is 11.4 Å². The third-order valence-electron chi connectivity index (χ3n) is 3.50. The molecule has 0 radical (unpaired) electrons. The number of aryl methyl sites for hydroxylation is 1. The van der Waals surface area contributed by atoms with E-state index in [0.29, 0.717) is 17.7 Å². The standard InChI is InChI=1S/C16H20F2N2O/c1-2-3-4-5-6-7-14-15(16(19)20-21-14)12-9-8-11(17)10-13(12)18/h8-10H,2-7H2,1H3,(H2,19,20). The van der Waals surface area contributed by atoms with Crippen LogP contribution in [0.1, 0.15) is 44.8 Å². The molecule has 3 nitrogen and oxygen atoms in total. The van der Waals surface area contributed by atoms with Crippen molar-refractivity contribution in [3.8, 4) is 11.1 Å². The van der Waals surface area contributed by atoms with Crippen LogP contribution in [0, 0.1) is 11.6 Å². The topological polar surface area (TPSA) is 52.0 Å². The molecule has 0 atom stereocenters. The molecule has 5 heteroatoms. The summed E-state index contributed by atoms with van der Waals surface area (Å²) in [5.74, 6) is -0.567. The van der Waals surface area contributed by atoms with Crippen molar-refractivity contribution in [3.63, 3.8) is 0 Å². The Morgan fingerprint density at radius 1 is 1.14 bits per heavy atom. The molecule has 2 aromatic rings. The lowest BCUT2D eigenvalue weighted by atomic mass is 10.0. The van der Waals surface area contributed by atoms with E-state index in [1.54, 1.807) is 0 Å². The number of nitrogens with zero attached hydrogens (tertiary/aromatic N) is 1. The number of halogens is 2. The highest BCUT2D eigenvalue weighted by molar-refractivity contribution is 5.75. The average Bonchev–Trinajstić information content (AvgIpc) is 2.80. The molecular formula is C16H20F2N2O. The first-order valence-electron chi connectivity index (χ1n) is 7.33.